The van der Waals surface area contributed by atoms with Gasteiger partial charge in [0.15, 0.2) is 5.78 Å². The number of fused-ring (bicyclic) bond motifs is 1. The SMILES string of the molecule is CC(=O)c1cc(Nc2ccc3cn[nH]c3c2)ccc1C. The summed E-state index contributed by atoms with van der Waals surface area (Å²) >= 11 is 0. The van der Waals surface area contributed by atoms with E-state index in [4.69, 9.17) is 0 Å². The van der Waals surface area contributed by atoms with Gasteiger partial charge in [-0.25, -0.2) is 0 Å². The van der Waals surface area contributed by atoms with Crippen molar-refractivity contribution in [3.05, 3.63) is 53.7 Å². The maximum absolute atomic E-state index is 11.6. The highest BCUT2D eigenvalue weighted by Gasteiger charge is 2.05. The zero-order chi connectivity index (χ0) is 14.1. The molecular formula is C16H15N3O. The molecule has 0 aliphatic rings. The Labute approximate surface area is 116 Å². The van der Waals surface area contributed by atoms with Gasteiger partial charge in [-0.15, -0.1) is 0 Å². The molecule has 100 valence electrons. The normalized spacial score (nSPS) is 10.7. The Morgan fingerprint density at radius 2 is 1.90 bits per heavy atom. The second-order valence-electron chi connectivity index (χ2n) is 4.88. The molecule has 0 atom stereocenters. The minimum atomic E-state index is 0.0789. The van der Waals surface area contributed by atoms with E-state index in [9.17, 15) is 4.79 Å². The molecule has 0 aliphatic carbocycles. The Balaban J connectivity index is 1.94. The number of aromatic amines is 1. The van der Waals surface area contributed by atoms with Gasteiger partial charge in [0.25, 0.3) is 0 Å². The Kier molecular flexibility index (Phi) is 2.99. The van der Waals surface area contributed by atoms with E-state index < -0.39 is 0 Å². The molecule has 0 saturated heterocycles. The number of carbonyl (C=O) groups is 1. The quantitative estimate of drug-likeness (QED) is 0.708. The first kappa shape index (κ1) is 12.4. The highest BCUT2D eigenvalue weighted by atomic mass is 16.1. The number of anilines is 2. The molecule has 4 nitrogen and oxygen atoms in total. The van der Waals surface area contributed by atoms with Crippen molar-refractivity contribution in [2.45, 2.75) is 13.8 Å². The zero-order valence-corrected chi connectivity index (χ0v) is 11.4. The molecule has 3 rings (SSSR count). The molecule has 1 aromatic heterocycles. The predicted molar refractivity (Wildman–Crippen MR) is 80.6 cm³/mol. The maximum atomic E-state index is 11.6. The highest BCUT2D eigenvalue weighted by Crippen LogP contribution is 2.23. The van der Waals surface area contributed by atoms with Crippen LogP contribution < -0.4 is 5.32 Å². The number of aromatic nitrogens is 2. The smallest absolute Gasteiger partial charge is 0.160 e. The van der Waals surface area contributed by atoms with Crippen LogP contribution in [0.2, 0.25) is 0 Å². The standard InChI is InChI=1S/C16H15N3O/c1-10-3-5-13(7-15(10)11(2)20)18-14-6-4-12-9-17-19-16(12)8-14/h3-9,18H,1-2H3,(H,17,19). The molecule has 0 radical (unpaired) electrons. The fraction of sp³-hybridized carbons (Fsp3) is 0.125. The van der Waals surface area contributed by atoms with E-state index >= 15 is 0 Å². The summed E-state index contributed by atoms with van der Waals surface area (Å²) < 4.78 is 0. The molecule has 1 heterocycles. The van der Waals surface area contributed by atoms with Crippen LogP contribution in [-0.2, 0) is 0 Å². The third-order valence-electron chi connectivity index (χ3n) is 3.35. The second-order valence-corrected chi connectivity index (χ2v) is 4.88. The van der Waals surface area contributed by atoms with E-state index in [1.165, 1.54) is 0 Å². The van der Waals surface area contributed by atoms with Crippen molar-refractivity contribution in [1.29, 1.82) is 0 Å². The molecule has 0 aliphatic heterocycles. The fourth-order valence-electron chi connectivity index (χ4n) is 2.26. The van der Waals surface area contributed by atoms with Crippen molar-refractivity contribution < 1.29 is 4.79 Å². The molecular weight excluding hydrogens is 250 g/mol. The van der Waals surface area contributed by atoms with Gasteiger partial charge in [-0.3, -0.25) is 9.89 Å². The number of nitrogens with one attached hydrogen (secondary N) is 2. The number of benzene rings is 2. The van der Waals surface area contributed by atoms with Crippen LogP contribution in [0.3, 0.4) is 0 Å². The first-order chi connectivity index (χ1) is 9.63. The number of carbonyl (C=O) groups excluding carboxylic acids is 1. The molecule has 20 heavy (non-hydrogen) atoms. The molecule has 2 N–H and O–H groups in total. The number of ketones is 1. The topological polar surface area (TPSA) is 57.8 Å². The number of nitrogens with zero attached hydrogens (tertiary/aromatic N) is 1. The van der Waals surface area contributed by atoms with E-state index in [-0.39, 0.29) is 5.78 Å². The van der Waals surface area contributed by atoms with Crippen LogP contribution >= 0.6 is 0 Å². The average Bonchev–Trinajstić information content (AvgIpc) is 2.88. The molecule has 4 heteroatoms. The van der Waals surface area contributed by atoms with Gasteiger partial charge in [0.2, 0.25) is 0 Å². The molecule has 3 aromatic rings. The minimum Gasteiger partial charge on any atom is -0.355 e. The van der Waals surface area contributed by atoms with Crippen LogP contribution in [0.25, 0.3) is 10.9 Å². The third kappa shape index (κ3) is 2.28. The van der Waals surface area contributed by atoms with Crippen LogP contribution in [0.5, 0.6) is 0 Å². The van der Waals surface area contributed by atoms with E-state index in [2.05, 4.69) is 15.5 Å². The van der Waals surface area contributed by atoms with Crippen LogP contribution in [0, 0.1) is 6.92 Å². The first-order valence-corrected chi connectivity index (χ1v) is 6.45. The predicted octanol–water partition coefficient (Wildman–Crippen LogP) is 3.82. The summed E-state index contributed by atoms with van der Waals surface area (Å²) in [6.45, 7) is 3.53. The Morgan fingerprint density at radius 1 is 1.15 bits per heavy atom. The highest BCUT2D eigenvalue weighted by molar-refractivity contribution is 5.96. The number of Topliss-reactive ketones (excluding diaryl/α,β-unsaturated/α-hetero) is 1. The number of aryl methyl sites for hydroxylation is 1. The Morgan fingerprint density at radius 3 is 2.70 bits per heavy atom. The molecule has 0 saturated carbocycles. The number of hydrogen-bond donors (Lipinski definition) is 2. The first-order valence-electron chi connectivity index (χ1n) is 6.45. The van der Waals surface area contributed by atoms with Crippen LogP contribution in [-0.4, -0.2) is 16.0 Å². The molecule has 0 unspecified atom stereocenters. The third-order valence-corrected chi connectivity index (χ3v) is 3.35. The number of rotatable bonds is 3. The average molecular weight is 265 g/mol. The summed E-state index contributed by atoms with van der Waals surface area (Å²) in [4.78, 5) is 11.6. The van der Waals surface area contributed by atoms with Crippen molar-refractivity contribution in [1.82, 2.24) is 10.2 Å². The molecule has 0 spiro atoms. The fourth-order valence-corrected chi connectivity index (χ4v) is 2.26. The van der Waals surface area contributed by atoms with Crippen molar-refractivity contribution in [2.75, 3.05) is 5.32 Å². The summed E-state index contributed by atoms with van der Waals surface area (Å²) in [7, 11) is 0. The number of H-pyrrole nitrogens is 1. The van der Waals surface area contributed by atoms with Gasteiger partial charge < -0.3 is 5.32 Å². The lowest BCUT2D eigenvalue weighted by molar-refractivity contribution is 0.101. The van der Waals surface area contributed by atoms with E-state index in [0.29, 0.717) is 0 Å². The zero-order valence-electron chi connectivity index (χ0n) is 11.4. The molecule has 0 amide bonds. The van der Waals surface area contributed by atoms with Gasteiger partial charge in [-0.1, -0.05) is 6.07 Å². The van der Waals surface area contributed by atoms with E-state index in [1.54, 1.807) is 13.1 Å². The van der Waals surface area contributed by atoms with E-state index in [0.717, 1.165) is 33.4 Å². The van der Waals surface area contributed by atoms with Crippen molar-refractivity contribution >= 4 is 28.1 Å². The summed E-state index contributed by atoms with van der Waals surface area (Å²) in [6.07, 6.45) is 1.79. The summed E-state index contributed by atoms with van der Waals surface area (Å²) in [5.74, 6) is 0.0789. The molecule has 0 bridgehead atoms. The van der Waals surface area contributed by atoms with E-state index in [1.807, 2.05) is 43.3 Å². The van der Waals surface area contributed by atoms with Crippen molar-refractivity contribution in [3.8, 4) is 0 Å². The van der Waals surface area contributed by atoms with Gasteiger partial charge in [-0.05, 0) is 49.7 Å². The van der Waals surface area contributed by atoms with Crippen LogP contribution in [0.15, 0.2) is 42.6 Å². The lowest BCUT2D eigenvalue weighted by Crippen LogP contribution is -1.98. The minimum absolute atomic E-state index is 0.0789. The second kappa shape index (κ2) is 4.81. The van der Waals surface area contributed by atoms with Crippen molar-refractivity contribution in [3.63, 3.8) is 0 Å². The van der Waals surface area contributed by atoms with Gasteiger partial charge in [-0.2, -0.15) is 5.10 Å². The summed E-state index contributed by atoms with van der Waals surface area (Å²) in [5, 5.41) is 11.3. The Hall–Kier alpha value is -2.62. The van der Waals surface area contributed by atoms with Gasteiger partial charge >= 0.3 is 0 Å². The van der Waals surface area contributed by atoms with Crippen LogP contribution in [0.4, 0.5) is 11.4 Å². The number of hydrogen-bond acceptors (Lipinski definition) is 3. The molecule has 0 fully saturated rings. The monoisotopic (exact) mass is 265 g/mol. The largest absolute Gasteiger partial charge is 0.355 e. The van der Waals surface area contributed by atoms with Gasteiger partial charge in [0, 0.05) is 22.3 Å². The maximum Gasteiger partial charge on any atom is 0.160 e. The lowest BCUT2D eigenvalue weighted by Gasteiger charge is -2.09. The van der Waals surface area contributed by atoms with Crippen LogP contribution in [0.1, 0.15) is 22.8 Å². The summed E-state index contributed by atoms with van der Waals surface area (Å²) in [5.41, 5.74) is 4.58. The lowest BCUT2D eigenvalue weighted by atomic mass is 10.0. The van der Waals surface area contributed by atoms with Gasteiger partial charge in [0.05, 0.1) is 11.7 Å². The summed E-state index contributed by atoms with van der Waals surface area (Å²) in [6, 6.07) is 11.8. The molecule has 2 aromatic carbocycles. The Bertz CT molecular complexity index is 789. The van der Waals surface area contributed by atoms with Gasteiger partial charge in [0.1, 0.15) is 0 Å². The van der Waals surface area contributed by atoms with Crippen molar-refractivity contribution in [2.24, 2.45) is 0 Å².